The van der Waals surface area contributed by atoms with Gasteiger partial charge in [0, 0.05) is 28.3 Å². The van der Waals surface area contributed by atoms with E-state index in [1.54, 1.807) is 13.8 Å². The average Bonchev–Trinajstić information content (AvgIpc) is 2.55. The monoisotopic (exact) mass is 325 g/mol. The van der Waals surface area contributed by atoms with Crippen LogP contribution in [0.3, 0.4) is 0 Å². The molecule has 1 aliphatic rings. The van der Waals surface area contributed by atoms with Crippen LogP contribution in [0.25, 0.3) is 0 Å². The van der Waals surface area contributed by atoms with E-state index in [9.17, 15) is 19.7 Å². The fourth-order valence-corrected chi connectivity index (χ4v) is 3.38. The predicted octanol–water partition coefficient (Wildman–Crippen LogP) is 3.30. The zero-order valence-electron chi connectivity index (χ0n) is 13.7. The first kappa shape index (κ1) is 15.9. The number of fused-ring (bicyclic) bond motifs is 2. The number of hydrogen-bond acceptors (Lipinski definition) is 5. The van der Waals surface area contributed by atoms with Crippen molar-refractivity contribution in [2.24, 2.45) is 0 Å². The van der Waals surface area contributed by atoms with Crippen molar-refractivity contribution < 1.29 is 19.2 Å². The summed E-state index contributed by atoms with van der Waals surface area (Å²) >= 11 is 0. The maximum Gasteiger partial charge on any atom is 0.281 e. The number of methoxy groups -OCH3 is 1. The molecule has 0 atom stereocenters. The van der Waals surface area contributed by atoms with Crippen LogP contribution >= 0.6 is 0 Å². The molecule has 0 saturated carbocycles. The molecule has 0 unspecified atom stereocenters. The summed E-state index contributed by atoms with van der Waals surface area (Å²) in [6.45, 7) is 5.26. The molecule has 0 N–H and O–H groups in total. The number of carbonyl (C=O) groups is 2. The molecule has 1 aliphatic carbocycles. The van der Waals surface area contributed by atoms with Crippen LogP contribution in [0, 0.1) is 30.9 Å². The van der Waals surface area contributed by atoms with E-state index in [1.165, 1.54) is 25.3 Å². The molecular weight excluding hydrogens is 310 g/mol. The topological polar surface area (TPSA) is 86.5 Å². The van der Waals surface area contributed by atoms with Crippen LogP contribution in [-0.2, 0) is 0 Å². The summed E-state index contributed by atoms with van der Waals surface area (Å²) in [5.41, 5.74) is 2.05. The Balaban J connectivity index is 2.45. The number of hydrogen-bond donors (Lipinski definition) is 0. The predicted molar refractivity (Wildman–Crippen MR) is 87.2 cm³/mol. The van der Waals surface area contributed by atoms with E-state index in [1.807, 2.05) is 6.92 Å². The molecule has 0 fully saturated rings. The molecule has 0 spiro atoms. The van der Waals surface area contributed by atoms with E-state index < -0.39 is 10.7 Å². The summed E-state index contributed by atoms with van der Waals surface area (Å²) in [5, 5.41) is 11.3. The SMILES string of the molecule is COc1c(C)c(C)c2c(c1C)C(=O)c1c(cccc1[N+](=O)[O-])C2=O. The zero-order valence-corrected chi connectivity index (χ0v) is 13.7. The van der Waals surface area contributed by atoms with E-state index in [0.29, 0.717) is 22.4 Å². The Morgan fingerprint density at radius 3 is 2.12 bits per heavy atom. The largest absolute Gasteiger partial charge is 0.496 e. The molecule has 0 aliphatic heterocycles. The Morgan fingerprint density at radius 2 is 1.54 bits per heavy atom. The van der Waals surface area contributed by atoms with Crippen LogP contribution in [-0.4, -0.2) is 23.6 Å². The third-order valence-corrected chi connectivity index (χ3v) is 4.61. The molecule has 6 heteroatoms. The van der Waals surface area contributed by atoms with Crippen molar-refractivity contribution in [3.63, 3.8) is 0 Å². The lowest BCUT2D eigenvalue weighted by Gasteiger charge is -2.24. The second-order valence-corrected chi connectivity index (χ2v) is 5.77. The molecule has 0 heterocycles. The van der Waals surface area contributed by atoms with Gasteiger partial charge in [0.05, 0.1) is 12.0 Å². The lowest BCUT2D eigenvalue weighted by molar-refractivity contribution is -0.385. The molecule has 2 aromatic rings. The summed E-state index contributed by atoms with van der Waals surface area (Å²) in [6, 6.07) is 4.12. The van der Waals surface area contributed by atoms with Gasteiger partial charge in [-0.3, -0.25) is 19.7 Å². The van der Waals surface area contributed by atoms with Gasteiger partial charge in [0.2, 0.25) is 5.78 Å². The number of benzene rings is 2. The van der Waals surface area contributed by atoms with Gasteiger partial charge in [-0.1, -0.05) is 6.07 Å². The highest BCUT2D eigenvalue weighted by molar-refractivity contribution is 6.31. The average molecular weight is 325 g/mol. The molecule has 0 radical (unpaired) electrons. The standard InChI is InChI=1S/C18H15NO5/c1-8-9(2)18(24-4)10(3)14-13(8)16(20)11-6-5-7-12(19(22)23)15(11)17(14)21/h5-7H,1-4H3. The molecule has 24 heavy (non-hydrogen) atoms. The molecule has 6 nitrogen and oxygen atoms in total. The molecule has 0 aromatic heterocycles. The summed E-state index contributed by atoms with van der Waals surface area (Å²) < 4.78 is 5.37. The molecular formula is C18H15NO5. The third-order valence-electron chi connectivity index (χ3n) is 4.61. The maximum absolute atomic E-state index is 13.0. The summed E-state index contributed by atoms with van der Waals surface area (Å²) in [7, 11) is 1.49. The van der Waals surface area contributed by atoms with Gasteiger partial charge in [0.1, 0.15) is 11.3 Å². The molecule has 122 valence electrons. The van der Waals surface area contributed by atoms with Crippen molar-refractivity contribution in [2.45, 2.75) is 20.8 Å². The minimum Gasteiger partial charge on any atom is -0.496 e. The first-order valence-corrected chi connectivity index (χ1v) is 7.35. The summed E-state index contributed by atoms with van der Waals surface area (Å²) in [6.07, 6.45) is 0. The second-order valence-electron chi connectivity index (χ2n) is 5.77. The number of nitro groups is 1. The highest BCUT2D eigenvalue weighted by Crippen LogP contribution is 2.40. The first-order chi connectivity index (χ1) is 11.3. The van der Waals surface area contributed by atoms with Crippen molar-refractivity contribution >= 4 is 17.3 Å². The van der Waals surface area contributed by atoms with Crippen LogP contribution in [0.1, 0.15) is 48.5 Å². The molecule has 0 bridgehead atoms. The Bertz CT molecular complexity index is 943. The van der Waals surface area contributed by atoms with E-state index in [0.717, 1.165) is 5.56 Å². The van der Waals surface area contributed by atoms with Gasteiger partial charge >= 0.3 is 0 Å². The highest BCUT2D eigenvalue weighted by atomic mass is 16.6. The van der Waals surface area contributed by atoms with Crippen LogP contribution < -0.4 is 4.74 Å². The minimum absolute atomic E-state index is 0.0776. The quantitative estimate of drug-likeness (QED) is 0.533. The fourth-order valence-electron chi connectivity index (χ4n) is 3.38. The van der Waals surface area contributed by atoms with Crippen molar-refractivity contribution in [3.05, 3.63) is 67.3 Å². The zero-order chi connectivity index (χ0) is 17.8. The Labute approximate surface area is 138 Å². The van der Waals surface area contributed by atoms with Gasteiger partial charge in [-0.15, -0.1) is 0 Å². The van der Waals surface area contributed by atoms with E-state index in [2.05, 4.69) is 0 Å². The number of nitrogens with zero attached hydrogens (tertiary/aromatic N) is 1. The molecule has 0 amide bonds. The smallest absolute Gasteiger partial charge is 0.281 e. The summed E-state index contributed by atoms with van der Waals surface area (Å²) in [5.74, 6) is -0.352. The Hall–Kier alpha value is -3.02. The number of ketones is 2. The highest BCUT2D eigenvalue weighted by Gasteiger charge is 2.38. The van der Waals surface area contributed by atoms with Gasteiger partial charge < -0.3 is 4.74 Å². The van der Waals surface area contributed by atoms with E-state index >= 15 is 0 Å². The van der Waals surface area contributed by atoms with Gasteiger partial charge in [-0.05, 0) is 38.0 Å². The van der Waals surface area contributed by atoms with Crippen molar-refractivity contribution in [2.75, 3.05) is 7.11 Å². The van der Waals surface area contributed by atoms with Crippen LogP contribution in [0.5, 0.6) is 5.75 Å². The lowest BCUT2D eigenvalue weighted by atomic mass is 9.78. The number of rotatable bonds is 2. The molecule has 0 saturated heterocycles. The van der Waals surface area contributed by atoms with Crippen LogP contribution in [0.4, 0.5) is 5.69 Å². The third kappa shape index (κ3) is 1.89. The van der Waals surface area contributed by atoms with Crippen LogP contribution in [0.2, 0.25) is 0 Å². The van der Waals surface area contributed by atoms with Gasteiger partial charge in [-0.2, -0.15) is 0 Å². The van der Waals surface area contributed by atoms with Gasteiger partial charge in [-0.25, -0.2) is 0 Å². The van der Waals surface area contributed by atoms with E-state index in [4.69, 9.17) is 4.74 Å². The molecule has 3 rings (SSSR count). The maximum atomic E-state index is 13.0. The molecule has 2 aromatic carbocycles. The van der Waals surface area contributed by atoms with Crippen molar-refractivity contribution in [1.29, 1.82) is 0 Å². The van der Waals surface area contributed by atoms with Crippen molar-refractivity contribution in [3.8, 4) is 5.75 Å². The Morgan fingerprint density at radius 1 is 0.917 bits per heavy atom. The van der Waals surface area contributed by atoms with Crippen molar-refractivity contribution in [1.82, 2.24) is 0 Å². The van der Waals surface area contributed by atoms with E-state index in [-0.39, 0.29) is 28.2 Å². The van der Waals surface area contributed by atoms with Crippen LogP contribution in [0.15, 0.2) is 18.2 Å². The number of carbonyl (C=O) groups excluding carboxylic acids is 2. The van der Waals surface area contributed by atoms with Gasteiger partial charge in [0.15, 0.2) is 5.78 Å². The normalized spacial score (nSPS) is 12.7. The number of nitro benzene ring substituents is 1. The second kappa shape index (κ2) is 5.26. The number of ether oxygens (including phenoxy) is 1. The lowest BCUT2D eigenvalue weighted by Crippen LogP contribution is -2.25. The Kier molecular flexibility index (Phi) is 3.48. The summed E-state index contributed by atoms with van der Waals surface area (Å²) in [4.78, 5) is 36.6. The first-order valence-electron chi connectivity index (χ1n) is 7.35. The minimum atomic E-state index is -0.636. The van der Waals surface area contributed by atoms with Gasteiger partial charge in [0.25, 0.3) is 5.69 Å². The fraction of sp³-hybridized carbons (Fsp3) is 0.222.